The molecule has 0 unspecified atom stereocenters. The van der Waals surface area contributed by atoms with Crippen LogP contribution in [0.25, 0.3) is 11.1 Å². The van der Waals surface area contributed by atoms with Crippen LogP contribution in [0.1, 0.15) is 40.6 Å². The second kappa shape index (κ2) is 9.38. The molecule has 5 nitrogen and oxygen atoms in total. The number of ether oxygens (including phenoxy) is 1. The zero-order valence-electron chi connectivity index (χ0n) is 17.6. The molecular formula is C25H19ClF3NO4. The molecule has 1 aliphatic rings. The van der Waals surface area contributed by atoms with E-state index in [9.17, 15) is 27.9 Å². The molecule has 0 spiro atoms. The number of aliphatic carboxylic acids is 1. The largest absolute Gasteiger partial charge is 0.481 e. The number of amides is 1. The number of alkyl halides is 3. The molecule has 0 bridgehead atoms. The number of hydrogen-bond donors (Lipinski definition) is 2. The van der Waals surface area contributed by atoms with E-state index < -0.39 is 36.3 Å². The van der Waals surface area contributed by atoms with Gasteiger partial charge in [-0.25, -0.2) is 4.79 Å². The van der Waals surface area contributed by atoms with E-state index in [0.717, 1.165) is 40.5 Å². The molecule has 0 saturated heterocycles. The average Bonchev–Trinajstić information content (AvgIpc) is 3.10. The van der Waals surface area contributed by atoms with Gasteiger partial charge in [0.2, 0.25) is 0 Å². The summed E-state index contributed by atoms with van der Waals surface area (Å²) in [6, 6.07) is 16.7. The van der Waals surface area contributed by atoms with Crippen molar-refractivity contribution in [2.75, 3.05) is 6.61 Å². The topological polar surface area (TPSA) is 75.6 Å². The van der Waals surface area contributed by atoms with Gasteiger partial charge in [-0.05, 0) is 46.0 Å². The fourth-order valence-corrected chi connectivity index (χ4v) is 4.43. The number of carbonyl (C=O) groups is 2. The van der Waals surface area contributed by atoms with Crippen LogP contribution in [-0.2, 0) is 15.7 Å². The molecule has 176 valence electrons. The number of hydrogen-bond acceptors (Lipinski definition) is 3. The van der Waals surface area contributed by atoms with Gasteiger partial charge in [0.05, 0.1) is 18.0 Å². The Balaban J connectivity index is 1.53. The Hall–Kier alpha value is -3.52. The third kappa shape index (κ3) is 4.87. The summed E-state index contributed by atoms with van der Waals surface area (Å²) in [6.07, 6.45) is -6.29. The van der Waals surface area contributed by atoms with Gasteiger partial charge in [-0.1, -0.05) is 60.1 Å². The normalized spacial score (nSPS) is 13.6. The van der Waals surface area contributed by atoms with Crippen molar-refractivity contribution in [1.82, 2.24) is 5.32 Å². The van der Waals surface area contributed by atoms with Crippen molar-refractivity contribution in [2.24, 2.45) is 0 Å². The second-order valence-electron chi connectivity index (χ2n) is 7.85. The Morgan fingerprint density at radius 2 is 1.59 bits per heavy atom. The standard InChI is InChI=1S/C25H19ClF3NO4/c26-21-10-9-14(25(27,28)29)11-19(21)22(12-23(31)32)30-24(33)34-13-20-17-7-3-1-5-15(17)16-6-2-4-8-18(16)20/h1-11,20,22H,12-13H2,(H,30,33)(H,31,32)/t22-/m0/s1. The van der Waals surface area contributed by atoms with E-state index >= 15 is 0 Å². The minimum atomic E-state index is -4.66. The van der Waals surface area contributed by atoms with Gasteiger partial charge in [-0.3, -0.25) is 4.79 Å². The van der Waals surface area contributed by atoms with Gasteiger partial charge < -0.3 is 15.2 Å². The highest BCUT2D eigenvalue weighted by atomic mass is 35.5. The molecule has 1 atom stereocenters. The predicted octanol–water partition coefficient (Wildman–Crippen LogP) is 6.41. The minimum Gasteiger partial charge on any atom is -0.481 e. The van der Waals surface area contributed by atoms with Gasteiger partial charge >= 0.3 is 18.2 Å². The molecule has 1 aliphatic carbocycles. The molecular weight excluding hydrogens is 471 g/mol. The molecule has 0 fully saturated rings. The van der Waals surface area contributed by atoms with Crippen molar-refractivity contribution in [2.45, 2.75) is 24.6 Å². The molecule has 1 amide bonds. The summed E-state index contributed by atoms with van der Waals surface area (Å²) in [5, 5.41) is 11.5. The Bertz CT molecular complexity index is 1200. The van der Waals surface area contributed by atoms with Gasteiger partial charge in [0, 0.05) is 10.9 Å². The second-order valence-corrected chi connectivity index (χ2v) is 8.26. The number of nitrogens with one attached hydrogen (secondary N) is 1. The van der Waals surface area contributed by atoms with Gasteiger partial charge in [-0.15, -0.1) is 0 Å². The summed E-state index contributed by atoms with van der Waals surface area (Å²) in [5.41, 5.74) is 2.88. The lowest BCUT2D eigenvalue weighted by atomic mass is 9.98. The first-order valence-electron chi connectivity index (χ1n) is 10.3. The Morgan fingerprint density at radius 3 is 2.15 bits per heavy atom. The molecule has 0 heterocycles. The Labute approximate surface area is 198 Å². The van der Waals surface area contributed by atoms with Crippen LogP contribution in [0, 0.1) is 0 Å². The first kappa shape index (κ1) is 23.6. The fraction of sp³-hybridized carbons (Fsp3) is 0.200. The highest BCUT2D eigenvalue weighted by Crippen LogP contribution is 2.44. The first-order chi connectivity index (χ1) is 16.1. The smallest absolute Gasteiger partial charge is 0.416 e. The molecule has 3 aromatic carbocycles. The highest BCUT2D eigenvalue weighted by molar-refractivity contribution is 6.31. The van der Waals surface area contributed by atoms with Gasteiger partial charge in [0.25, 0.3) is 0 Å². The van der Waals surface area contributed by atoms with Crippen LogP contribution in [0.15, 0.2) is 66.7 Å². The van der Waals surface area contributed by atoms with E-state index in [-0.39, 0.29) is 23.1 Å². The van der Waals surface area contributed by atoms with Crippen LogP contribution >= 0.6 is 11.6 Å². The number of carbonyl (C=O) groups excluding carboxylic acids is 1. The average molecular weight is 490 g/mol. The lowest BCUT2D eigenvalue weighted by molar-refractivity contribution is -0.138. The van der Waals surface area contributed by atoms with Crippen molar-refractivity contribution < 1.29 is 32.6 Å². The van der Waals surface area contributed by atoms with Crippen LogP contribution in [0.5, 0.6) is 0 Å². The molecule has 2 N–H and O–H groups in total. The summed E-state index contributed by atoms with van der Waals surface area (Å²) >= 11 is 6.05. The minimum absolute atomic E-state index is 0.0318. The van der Waals surface area contributed by atoms with Gasteiger partial charge in [-0.2, -0.15) is 13.2 Å². The van der Waals surface area contributed by atoms with Crippen molar-refractivity contribution in [3.63, 3.8) is 0 Å². The molecule has 0 radical (unpaired) electrons. The van der Waals surface area contributed by atoms with Crippen LogP contribution in [0.4, 0.5) is 18.0 Å². The molecule has 3 aromatic rings. The monoisotopic (exact) mass is 489 g/mol. The summed E-state index contributed by atoms with van der Waals surface area (Å²) in [7, 11) is 0. The van der Waals surface area contributed by atoms with E-state index in [2.05, 4.69) is 5.32 Å². The number of benzene rings is 3. The Morgan fingerprint density at radius 1 is 1.00 bits per heavy atom. The SMILES string of the molecule is O=C(O)C[C@H](NC(=O)OCC1c2ccccc2-c2ccccc21)c1cc(C(F)(F)F)ccc1Cl. The summed E-state index contributed by atoms with van der Waals surface area (Å²) < 4.78 is 44.9. The predicted molar refractivity (Wildman–Crippen MR) is 120 cm³/mol. The first-order valence-corrected chi connectivity index (χ1v) is 10.7. The lowest BCUT2D eigenvalue weighted by Gasteiger charge is -2.21. The molecule has 9 heteroatoms. The van der Waals surface area contributed by atoms with Crippen LogP contribution in [0.2, 0.25) is 5.02 Å². The highest BCUT2D eigenvalue weighted by Gasteiger charge is 2.33. The third-order valence-corrected chi connectivity index (χ3v) is 6.06. The third-order valence-electron chi connectivity index (χ3n) is 5.71. The number of fused-ring (bicyclic) bond motifs is 3. The van der Waals surface area contributed by atoms with Gasteiger partial charge in [0.15, 0.2) is 0 Å². The summed E-state index contributed by atoms with van der Waals surface area (Å²) in [5.74, 6) is -1.55. The number of halogens is 4. The molecule has 0 aromatic heterocycles. The number of carboxylic acids is 1. The maximum atomic E-state index is 13.2. The van der Waals surface area contributed by atoms with Crippen LogP contribution < -0.4 is 5.32 Å². The van der Waals surface area contributed by atoms with E-state index in [1.807, 2.05) is 48.5 Å². The van der Waals surface area contributed by atoms with Crippen molar-refractivity contribution in [3.8, 4) is 11.1 Å². The summed E-state index contributed by atoms with van der Waals surface area (Å²) in [6.45, 7) is -0.0318. The zero-order valence-corrected chi connectivity index (χ0v) is 18.4. The lowest BCUT2D eigenvalue weighted by Crippen LogP contribution is -2.32. The van der Waals surface area contributed by atoms with Crippen LogP contribution in [-0.4, -0.2) is 23.8 Å². The van der Waals surface area contributed by atoms with E-state index in [1.54, 1.807) is 0 Å². The Kier molecular flexibility index (Phi) is 6.52. The fourth-order valence-electron chi connectivity index (χ4n) is 4.18. The molecule has 0 saturated carbocycles. The molecule has 0 aliphatic heterocycles. The number of rotatable bonds is 6. The van der Waals surface area contributed by atoms with E-state index in [4.69, 9.17) is 16.3 Å². The molecule has 34 heavy (non-hydrogen) atoms. The maximum Gasteiger partial charge on any atom is 0.416 e. The van der Waals surface area contributed by atoms with Gasteiger partial charge in [0.1, 0.15) is 6.61 Å². The quantitative estimate of drug-likeness (QED) is 0.419. The van der Waals surface area contributed by atoms with Crippen LogP contribution in [0.3, 0.4) is 0 Å². The summed E-state index contributed by atoms with van der Waals surface area (Å²) in [4.78, 5) is 23.9. The van der Waals surface area contributed by atoms with Crippen molar-refractivity contribution in [3.05, 3.63) is 94.0 Å². The molecule has 4 rings (SSSR count). The zero-order chi connectivity index (χ0) is 24.5. The van der Waals surface area contributed by atoms with Crippen molar-refractivity contribution >= 4 is 23.7 Å². The maximum absolute atomic E-state index is 13.2. The van der Waals surface area contributed by atoms with E-state index in [1.165, 1.54) is 0 Å². The number of alkyl carbamates (subject to hydrolysis) is 1. The number of carboxylic acid groups (broad SMARTS) is 1. The van der Waals surface area contributed by atoms with E-state index in [0.29, 0.717) is 0 Å². The van der Waals surface area contributed by atoms with Crippen molar-refractivity contribution in [1.29, 1.82) is 0 Å².